The number of fused-ring (bicyclic) bond motifs is 8. The second-order valence-corrected chi connectivity index (χ2v) is 12.0. The normalized spacial score (nSPS) is 11.9. The van der Waals surface area contributed by atoms with Crippen molar-refractivity contribution in [1.29, 1.82) is 0 Å². The fourth-order valence-electron chi connectivity index (χ4n) is 7.48. The highest BCUT2D eigenvalue weighted by molar-refractivity contribution is 6.24. The minimum Gasteiger partial charge on any atom is -0.455 e. The van der Waals surface area contributed by atoms with Gasteiger partial charge in [-0.25, -0.2) is 0 Å². The van der Waals surface area contributed by atoms with Crippen molar-refractivity contribution in [3.8, 4) is 33.4 Å². The van der Waals surface area contributed by atoms with E-state index in [0.717, 1.165) is 60.6 Å². The lowest BCUT2D eigenvalue weighted by molar-refractivity contribution is 0.658. The maximum atomic E-state index is 6.63. The lowest BCUT2D eigenvalue weighted by atomic mass is 9.85. The summed E-state index contributed by atoms with van der Waals surface area (Å²) < 4.78 is 13.3. The number of benzene rings is 8. The summed E-state index contributed by atoms with van der Waals surface area (Å²) in [7, 11) is 0. The summed E-state index contributed by atoms with van der Waals surface area (Å²) in [5.74, 6) is 0. The lowest BCUT2D eigenvalue weighted by Crippen LogP contribution is -1.91. The molecule has 0 N–H and O–H groups in total. The first-order chi connectivity index (χ1) is 22.8. The van der Waals surface area contributed by atoms with Crippen molar-refractivity contribution in [2.24, 2.45) is 0 Å². The van der Waals surface area contributed by atoms with Crippen LogP contribution >= 0.6 is 0 Å². The zero-order valence-electron chi connectivity index (χ0n) is 24.8. The average molecular weight is 587 g/mol. The van der Waals surface area contributed by atoms with E-state index in [2.05, 4.69) is 133 Å². The summed E-state index contributed by atoms with van der Waals surface area (Å²) in [4.78, 5) is 0. The first kappa shape index (κ1) is 25.2. The van der Waals surface area contributed by atoms with Crippen molar-refractivity contribution in [2.45, 2.75) is 0 Å². The number of hydrogen-bond donors (Lipinski definition) is 0. The summed E-state index contributed by atoms with van der Waals surface area (Å²) >= 11 is 0. The zero-order valence-corrected chi connectivity index (χ0v) is 24.8. The first-order valence-electron chi connectivity index (χ1n) is 15.7. The van der Waals surface area contributed by atoms with Gasteiger partial charge in [0.15, 0.2) is 0 Å². The van der Waals surface area contributed by atoms with Crippen LogP contribution in [0, 0.1) is 0 Å². The minimum absolute atomic E-state index is 0.846. The topological polar surface area (TPSA) is 26.3 Å². The molecule has 46 heavy (non-hydrogen) atoms. The monoisotopic (exact) mass is 586 g/mol. The van der Waals surface area contributed by atoms with Gasteiger partial charge in [0, 0.05) is 21.5 Å². The predicted molar refractivity (Wildman–Crippen MR) is 192 cm³/mol. The van der Waals surface area contributed by atoms with Crippen LogP contribution in [0.25, 0.3) is 98.8 Å². The van der Waals surface area contributed by atoms with Crippen LogP contribution in [0.3, 0.4) is 0 Å². The first-order valence-corrected chi connectivity index (χ1v) is 15.7. The molecule has 0 radical (unpaired) electrons. The molecule has 2 heterocycles. The van der Waals surface area contributed by atoms with Gasteiger partial charge >= 0.3 is 0 Å². The van der Waals surface area contributed by atoms with Crippen LogP contribution in [0.5, 0.6) is 0 Å². The van der Waals surface area contributed by atoms with Gasteiger partial charge in [0.2, 0.25) is 0 Å². The molecule has 0 fully saturated rings. The van der Waals surface area contributed by atoms with Gasteiger partial charge in [0.1, 0.15) is 22.3 Å². The molecule has 8 aromatic carbocycles. The maximum absolute atomic E-state index is 6.63. The van der Waals surface area contributed by atoms with Gasteiger partial charge in [-0.2, -0.15) is 0 Å². The SMILES string of the molecule is c1ccc(-c2c3ccccc3c(-c3cccc(-c4c5oc6ccccc6c5cc5c4oc4ccccc45)c3)c3ccccc23)cc1. The number of rotatable bonds is 3. The molecule has 0 atom stereocenters. The van der Waals surface area contributed by atoms with Crippen molar-refractivity contribution >= 4 is 65.4 Å². The molecule has 10 aromatic rings. The van der Waals surface area contributed by atoms with Crippen molar-refractivity contribution in [1.82, 2.24) is 0 Å². The summed E-state index contributed by atoms with van der Waals surface area (Å²) in [5, 5.41) is 9.35. The Morgan fingerprint density at radius 2 is 0.652 bits per heavy atom. The van der Waals surface area contributed by atoms with E-state index >= 15 is 0 Å². The van der Waals surface area contributed by atoms with E-state index in [1.165, 1.54) is 38.2 Å². The molecule has 0 aliphatic heterocycles. The molecule has 0 aliphatic rings. The maximum Gasteiger partial charge on any atom is 0.147 e. The van der Waals surface area contributed by atoms with Crippen molar-refractivity contribution in [2.75, 3.05) is 0 Å². The van der Waals surface area contributed by atoms with Gasteiger partial charge in [-0.3, -0.25) is 0 Å². The van der Waals surface area contributed by atoms with Gasteiger partial charge in [-0.05, 0) is 73.6 Å². The third-order valence-electron chi connectivity index (χ3n) is 9.44. The van der Waals surface area contributed by atoms with Crippen molar-refractivity contribution in [3.63, 3.8) is 0 Å². The molecule has 0 bridgehead atoms. The molecular formula is C44H26O2. The molecule has 2 nitrogen and oxygen atoms in total. The van der Waals surface area contributed by atoms with E-state index in [4.69, 9.17) is 8.83 Å². The Morgan fingerprint density at radius 3 is 1.17 bits per heavy atom. The third kappa shape index (κ3) is 3.59. The molecule has 2 aromatic heterocycles. The Kier molecular flexibility index (Phi) is 5.31. The standard InChI is InChI=1S/C44H26O2/c1-2-13-27(14-3-1)40-32-19-4-6-21-34(32)41(35-22-7-5-20-33(35)40)28-15-12-16-29(25-28)42-43-36(30-17-8-10-23-38(30)45-43)26-37-31-18-9-11-24-39(31)46-44(37)42/h1-26H. The van der Waals surface area contributed by atoms with Crippen LogP contribution in [-0.2, 0) is 0 Å². The highest BCUT2D eigenvalue weighted by Gasteiger charge is 2.22. The molecule has 0 saturated heterocycles. The molecule has 0 amide bonds. The molecule has 0 spiro atoms. The van der Waals surface area contributed by atoms with Crippen molar-refractivity contribution in [3.05, 3.63) is 158 Å². The summed E-state index contributed by atoms with van der Waals surface area (Å²) in [6.07, 6.45) is 0. The van der Waals surface area contributed by atoms with Crippen LogP contribution in [0.15, 0.2) is 167 Å². The Balaban J connectivity index is 1.31. The molecular weight excluding hydrogens is 560 g/mol. The van der Waals surface area contributed by atoms with E-state index in [1.54, 1.807) is 0 Å². The fraction of sp³-hybridized carbons (Fsp3) is 0. The van der Waals surface area contributed by atoms with E-state index in [9.17, 15) is 0 Å². The van der Waals surface area contributed by atoms with E-state index < -0.39 is 0 Å². The molecule has 2 heteroatoms. The van der Waals surface area contributed by atoms with E-state index in [1.807, 2.05) is 24.3 Å². The van der Waals surface area contributed by atoms with Gasteiger partial charge in [-0.1, -0.05) is 133 Å². The quantitative estimate of drug-likeness (QED) is 0.193. The van der Waals surface area contributed by atoms with E-state index in [-0.39, 0.29) is 0 Å². The van der Waals surface area contributed by atoms with Crippen LogP contribution in [-0.4, -0.2) is 0 Å². The number of para-hydroxylation sites is 2. The Bertz CT molecular complexity index is 2650. The minimum atomic E-state index is 0.846. The van der Waals surface area contributed by atoms with Crippen LogP contribution in [0.4, 0.5) is 0 Å². The number of furan rings is 2. The second-order valence-electron chi connectivity index (χ2n) is 12.0. The van der Waals surface area contributed by atoms with E-state index in [0.29, 0.717) is 0 Å². The molecule has 0 aliphatic carbocycles. The Labute approximate surface area is 264 Å². The summed E-state index contributed by atoms with van der Waals surface area (Å²) in [5.41, 5.74) is 10.4. The Hall–Kier alpha value is -6.12. The zero-order chi connectivity index (χ0) is 30.2. The smallest absolute Gasteiger partial charge is 0.147 e. The van der Waals surface area contributed by atoms with Gasteiger partial charge in [0.25, 0.3) is 0 Å². The van der Waals surface area contributed by atoms with Gasteiger partial charge in [-0.15, -0.1) is 0 Å². The average Bonchev–Trinajstić information content (AvgIpc) is 3.68. The second kappa shape index (κ2) is 9.69. The summed E-state index contributed by atoms with van der Waals surface area (Å²) in [6, 6.07) is 56.0. The largest absolute Gasteiger partial charge is 0.455 e. The highest BCUT2D eigenvalue weighted by Crippen LogP contribution is 2.47. The summed E-state index contributed by atoms with van der Waals surface area (Å²) in [6.45, 7) is 0. The molecule has 0 unspecified atom stereocenters. The van der Waals surface area contributed by atoms with Gasteiger partial charge in [0.05, 0.1) is 5.56 Å². The number of hydrogen-bond acceptors (Lipinski definition) is 2. The van der Waals surface area contributed by atoms with Gasteiger partial charge < -0.3 is 8.83 Å². The fourth-order valence-corrected chi connectivity index (χ4v) is 7.48. The third-order valence-corrected chi connectivity index (χ3v) is 9.44. The van der Waals surface area contributed by atoms with Crippen LogP contribution < -0.4 is 0 Å². The van der Waals surface area contributed by atoms with Crippen LogP contribution in [0.2, 0.25) is 0 Å². The van der Waals surface area contributed by atoms with Crippen LogP contribution in [0.1, 0.15) is 0 Å². The molecule has 214 valence electrons. The lowest BCUT2D eigenvalue weighted by Gasteiger charge is -2.18. The molecule has 10 rings (SSSR count). The molecule has 0 saturated carbocycles. The Morgan fingerprint density at radius 1 is 0.261 bits per heavy atom. The predicted octanol–water partition coefficient (Wildman–Crippen LogP) is 12.8. The highest BCUT2D eigenvalue weighted by atomic mass is 16.3. The van der Waals surface area contributed by atoms with Crippen molar-refractivity contribution < 1.29 is 8.83 Å².